The first-order valence-corrected chi connectivity index (χ1v) is 16.1. The summed E-state index contributed by atoms with van der Waals surface area (Å²) in [5.41, 5.74) is 16.2. The molecule has 9 rings (SSSR count). The van der Waals surface area contributed by atoms with Gasteiger partial charge in [0, 0.05) is 11.3 Å². The summed E-state index contributed by atoms with van der Waals surface area (Å²) in [5, 5.41) is 7.91. The van der Waals surface area contributed by atoms with Crippen LogP contribution >= 0.6 is 0 Å². The second-order valence-electron chi connectivity index (χ2n) is 14.3. The molecule has 0 fully saturated rings. The summed E-state index contributed by atoms with van der Waals surface area (Å²) in [7, 11) is 0. The van der Waals surface area contributed by atoms with Crippen LogP contribution in [0.4, 0.5) is 11.4 Å². The maximum Gasteiger partial charge on any atom is 0.0702 e. The van der Waals surface area contributed by atoms with Crippen LogP contribution in [0.2, 0.25) is 0 Å². The predicted molar refractivity (Wildman–Crippen MR) is 185 cm³/mol. The lowest BCUT2D eigenvalue weighted by atomic mass is 9.72. The first-order valence-electron chi connectivity index (χ1n) is 16.1. The van der Waals surface area contributed by atoms with E-state index in [9.17, 15) is 0 Å². The quantitative estimate of drug-likeness (QED) is 0.251. The first kappa shape index (κ1) is 25.9. The molecule has 2 nitrogen and oxygen atoms in total. The van der Waals surface area contributed by atoms with Crippen molar-refractivity contribution in [2.45, 2.75) is 56.5 Å². The van der Waals surface area contributed by atoms with Crippen LogP contribution in [0.5, 0.6) is 0 Å². The molecular formula is C42H38N2. The Hall–Kier alpha value is -4.56. The number of benzene rings is 4. The van der Waals surface area contributed by atoms with E-state index in [0.29, 0.717) is 11.8 Å². The van der Waals surface area contributed by atoms with Crippen LogP contribution in [0, 0.1) is 5.92 Å². The van der Waals surface area contributed by atoms with Gasteiger partial charge in [-0.25, -0.2) is 0 Å². The van der Waals surface area contributed by atoms with E-state index in [1.54, 1.807) is 0 Å². The van der Waals surface area contributed by atoms with Gasteiger partial charge in [0.15, 0.2) is 0 Å². The average molecular weight is 571 g/mol. The second-order valence-corrected chi connectivity index (χ2v) is 14.3. The normalized spacial score (nSPS) is 25.4. The molecule has 3 aliphatic carbocycles. The van der Waals surface area contributed by atoms with Crippen LogP contribution in [0.25, 0.3) is 23.3 Å². The first-order chi connectivity index (χ1) is 21.3. The Morgan fingerprint density at radius 3 is 2.05 bits per heavy atom. The van der Waals surface area contributed by atoms with E-state index in [-0.39, 0.29) is 22.9 Å². The van der Waals surface area contributed by atoms with Crippen molar-refractivity contribution in [3.8, 4) is 11.1 Å². The molecule has 4 aromatic rings. The lowest BCUT2D eigenvalue weighted by Gasteiger charge is -2.34. The lowest BCUT2D eigenvalue weighted by molar-refractivity contribution is 0.392. The van der Waals surface area contributed by atoms with Crippen LogP contribution in [0.3, 0.4) is 0 Å². The van der Waals surface area contributed by atoms with E-state index >= 15 is 0 Å². The van der Waals surface area contributed by atoms with Crippen LogP contribution in [-0.4, -0.2) is 6.04 Å². The highest BCUT2D eigenvalue weighted by atomic mass is 15.0. The Labute approximate surface area is 260 Å². The third kappa shape index (κ3) is 3.54. The van der Waals surface area contributed by atoms with Crippen LogP contribution in [-0.2, 0) is 10.8 Å². The summed E-state index contributed by atoms with van der Waals surface area (Å²) in [5.74, 6) is 0.914. The van der Waals surface area contributed by atoms with Gasteiger partial charge >= 0.3 is 0 Å². The van der Waals surface area contributed by atoms with Crippen molar-refractivity contribution < 1.29 is 0 Å². The molecule has 0 spiro atoms. The summed E-state index contributed by atoms with van der Waals surface area (Å²) >= 11 is 0. The Kier molecular flexibility index (Phi) is 5.29. The number of anilines is 2. The van der Waals surface area contributed by atoms with Gasteiger partial charge in [-0.15, -0.1) is 0 Å². The van der Waals surface area contributed by atoms with E-state index in [0.717, 1.165) is 0 Å². The maximum atomic E-state index is 3.96. The highest BCUT2D eigenvalue weighted by Crippen LogP contribution is 2.54. The molecule has 2 heterocycles. The highest BCUT2D eigenvalue weighted by Gasteiger charge is 2.45. The molecule has 0 saturated carbocycles. The van der Waals surface area contributed by atoms with Gasteiger partial charge in [-0.1, -0.05) is 149 Å². The summed E-state index contributed by atoms with van der Waals surface area (Å²) in [4.78, 5) is 0. The number of fused-ring (bicyclic) bond motifs is 9. The number of hydrogen-bond donors (Lipinski definition) is 2. The molecule has 2 aliphatic heterocycles. The fourth-order valence-corrected chi connectivity index (χ4v) is 8.75. The second kappa shape index (κ2) is 8.99. The van der Waals surface area contributed by atoms with Gasteiger partial charge in [-0.2, -0.15) is 0 Å². The van der Waals surface area contributed by atoms with E-state index < -0.39 is 0 Å². The number of hydrogen-bond acceptors (Lipinski definition) is 2. The molecule has 0 aromatic heterocycles. The molecule has 2 heteroatoms. The summed E-state index contributed by atoms with van der Waals surface area (Å²) in [6, 6.07) is 29.7. The van der Waals surface area contributed by atoms with Crippen LogP contribution in [0.1, 0.15) is 78.6 Å². The monoisotopic (exact) mass is 570 g/mol. The highest BCUT2D eigenvalue weighted by molar-refractivity contribution is 5.90. The van der Waals surface area contributed by atoms with Crippen molar-refractivity contribution in [1.82, 2.24) is 0 Å². The van der Waals surface area contributed by atoms with Gasteiger partial charge in [-0.3, -0.25) is 0 Å². The van der Waals surface area contributed by atoms with E-state index in [1.165, 1.54) is 67.0 Å². The molecule has 5 aliphatic rings. The minimum absolute atomic E-state index is 0.00748. The minimum Gasteiger partial charge on any atom is -0.373 e. The Bertz CT molecular complexity index is 2000. The number of nitrogens with one attached hydrogen (secondary N) is 2. The van der Waals surface area contributed by atoms with Crippen molar-refractivity contribution in [3.63, 3.8) is 0 Å². The van der Waals surface area contributed by atoms with Gasteiger partial charge in [-0.05, 0) is 67.0 Å². The largest absolute Gasteiger partial charge is 0.373 e. The summed E-state index contributed by atoms with van der Waals surface area (Å²) in [6.07, 6.45) is 16.6. The molecule has 216 valence electrons. The Morgan fingerprint density at radius 1 is 0.591 bits per heavy atom. The van der Waals surface area contributed by atoms with Crippen molar-refractivity contribution in [2.75, 3.05) is 10.6 Å². The molecule has 4 aromatic carbocycles. The van der Waals surface area contributed by atoms with Gasteiger partial charge < -0.3 is 10.6 Å². The maximum absolute atomic E-state index is 3.96. The van der Waals surface area contributed by atoms with Crippen LogP contribution < -0.4 is 10.6 Å². The molecule has 4 atom stereocenters. The molecule has 4 unspecified atom stereocenters. The topological polar surface area (TPSA) is 24.1 Å². The molecule has 0 amide bonds. The third-order valence-electron chi connectivity index (χ3n) is 11.2. The molecule has 2 N–H and O–H groups in total. The SMILES string of the molecule is CC1(C)c2ccccc2-c2ccc(C3C=Cc4ccc5c(c4N3)NC(C3=CC4C(C=C3)c3ccccc3C4(C)C)C=C5)cc21. The Balaban J connectivity index is 1.03. The number of rotatable bonds is 2. The zero-order valence-electron chi connectivity index (χ0n) is 25.9. The summed E-state index contributed by atoms with van der Waals surface area (Å²) < 4.78 is 0. The van der Waals surface area contributed by atoms with Crippen molar-refractivity contribution in [2.24, 2.45) is 5.92 Å². The number of allylic oxidation sites excluding steroid dienone is 2. The fraction of sp³-hybridized carbons (Fsp3) is 0.238. The Morgan fingerprint density at radius 2 is 1.25 bits per heavy atom. The minimum atomic E-state index is -0.00748. The third-order valence-corrected chi connectivity index (χ3v) is 11.2. The van der Waals surface area contributed by atoms with E-state index in [4.69, 9.17) is 0 Å². The average Bonchev–Trinajstić information content (AvgIpc) is 3.43. The van der Waals surface area contributed by atoms with Gasteiger partial charge in [0.1, 0.15) is 0 Å². The van der Waals surface area contributed by atoms with Crippen LogP contribution in [0.15, 0.2) is 115 Å². The zero-order valence-corrected chi connectivity index (χ0v) is 25.9. The zero-order chi connectivity index (χ0) is 29.8. The molecule has 44 heavy (non-hydrogen) atoms. The summed E-state index contributed by atoms with van der Waals surface area (Å²) in [6.45, 7) is 9.54. The lowest BCUT2D eigenvalue weighted by Crippen LogP contribution is -2.29. The standard InChI is InChI=1S/C42H38N2/c1-41(2)33-11-7-5-9-29(33)31-19-15-27(23-35(31)41)37-21-17-25-13-14-26-18-22-38(44-40(26)39(25)43-37)28-16-20-32-30-10-6-8-12-34(30)42(3,4)36(32)24-28/h5-24,31,35,37-38,43-44H,1-4H3. The van der Waals surface area contributed by atoms with Crippen molar-refractivity contribution >= 4 is 23.5 Å². The molecule has 0 saturated heterocycles. The molecule has 0 radical (unpaired) electrons. The van der Waals surface area contributed by atoms with E-state index in [1.807, 2.05) is 0 Å². The van der Waals surface area contributed by atoms with E-state index in [2.05, 4.69) is 160 Å². The van der Waals surface area contributed by atoms with Gasteiger partial charge in [0.25, 0.3) is 0 Å². The fourth-order valence-electron chi connectivity index (χ4n) is 8.75. The molecular weight excluding hydrogens is 532 g/mol. The smallest absolute Gasteiger partial charge is 0.0702 e. The van der Waals surface area contributed by atoms with Gasteiger partial charge in [0.2, 0.25) is 0 Å². The predicted octanol–water partition coefficient (Wildman–Crippen LogP) is 10.2. The molecule has 0 bridgehead atoms. The van der Waals surface area contributed by atoms with Crippen molar-refractivity contribution in [3.05, 3.63) is 154 Å². The van der Waals surface area contributed by atoms with Gasteiger partial charge in [0.05, 0.1) is 23.5 Å². The van der Waals surface area contributed by atoms with Crippen molar-refractivity contribution in [1.29, 1.82) is 0 Å².